The zero-order valence-electron chi connectivity index (χ0n) is 15.1. The van der Waals surface area contributed by atoms with Gasteiger partial charge in [0.1, 0.15) is 17.9 Å². The molecule has 2 aromatic rings. The molecule has 6 heteroatoms. The van der Waals surface area contributed by atoms with Crippen LogP contribution < -0.4 is 4.74 Å². The first kappa shape index (κ1) is 20.0. The summed E-state index contributed by atoms with van der Waals surface area (Å²) < 4.78 is 16.9. The van der Waals surface area contributed by atoms with Gasteiger partial charge in [0, 0.05) is 12.5 Å². The molecule has 2 aromatic carbocycles. The monoisotopic (exact) mass is 408 g/mol. The summed E-state index contributed by atoms with van der Waals surface area (Å²) >= 11 is 12.3. The van der Waals surface area contributed by atoms with Crippen LogP contribution in [0, 0.1) is 0 Å². The van der Waals surface area contributed by atoms with Gasteiger partial charge < -0.3 is 14.2 Å². The van der Waals surface area contributed by atoms with E-state index in [-0.39, 0.29) is 12.0 Å². The Morgan fingerprint density at radius 3 is 2.74 bits per heavy atom. The number of methoxy groups -OCH3 is 1. The molecule has 0 aliphatic carbocycles. The van der Waals surface area contributed by atoms with Gasteiger partial charge in [0.15, 0.2) is 0 Å². The fourth-order valence-corrected chi connectivity index (χ4v) is 3.64. The first-order valence-electron chi connectivity index (χ1n) is 8.97. The summed E-state index contributed by atoms with van der Waals surface area (Å²) in [5.74, 6) is 0.214. The lowest BCUT2D eigenvalue weighted by atomic mass is 9.89. The molecule has 144 valence electrons. The van der Waals surface area contributed by atoms with Gasteiger partial charge in [-0.1, -0.05) is 47.8 Å². The van der Waals surface area contributed by atoms with Gasteiger partial charge in [-0.05, 0) is 42.7 Å². The Balaban J connectivity index is 1.79. The lowest BCUT2D eigenvalue weighted by molar-refractivity contribution is 0.0125. The summed E-state index contributed by atoms with van der Waals surface area (Å²) in [6.45, 7) is 1.02. The minimum absolute atomic E-state index is 0.143. The van der Waals surface area contributed by atoms with Crippen LogP contribution in [0.2, 0.25) is 10.0 Å². The molecule has 0 unspecified atom stereocenters. The Bertz CT molecular complexity index is 794. The second-order valence-electron chi connectivity index (χ2n) is 6.48. The first-order valence-corrected chi connectivity index (χ1v) is 9.72. The van der Waals surface area contributed by atoms with Gasteiger partial charge in [-0.25, -0.2) is 4.79 Å². The maximum atomic E-state index is 11.9. The summed E-state index contributed by atoms with van der Waals surface area (Å²) in [6.07, 6.45) is 2.91. The standard InChI is InChI=1S/C21H22Cl2O4/c1-25-21(24)16-7-2-3-8-19(16)27-13-20-15(6-4-5-11-26-20)14-9-10-17(22)18(23)12-14/h2-3,7-10,12,15,20H,4-6,11,13H2,1H3/t15-,20-/m1/s1. The van der Waals surface area contributed by atoms with Crippen molar-refractivity contribution in [3.8, 4) is 5.75 Å². The van der Waals surface area contributed by atoms with E-state index in [0.717, 1.165) is 24.8 Å². The van der Waals surface area contributed by atoms with Gasteiger partial charge in [0.25, 0.3) is 0 Å². The van der Waals surface area contributed by atoms with Crippen molar-refractivity contribution < 1.29 is 19.0 Å². The van der Waals surface area contributed by atoms with Gasteiger partial charge in [0.2, 0.25) is 0 Å². The fourth-order valence-electron chi connectivity index (χ4n) is 3.33. The number of carbonyl (C=O) groups excluding carboxylic acids is 1. The summed E-state index contributed by atoms with van der Waals surface area (Å²) in [5.41, 5.74) is 1.49. The molecule has 27 heavy (non-hydrogen) atoms. The average Bonchev–Trinajstić information content (AvgIpc) is 2.93. The molecular formula is C21H22Cl2O4. The van der Waals surface area contributed by atoms with E-state index in [2.05, 4.69) is 0 Å². The Labute approximate surface area is 169 Å². The molecule has 0 aromatic heterocycles. The SMILES string of the molecule is COC(=O)c1ccccc1OC[C@H]1OCCCC[C@@H]1c1ccc(Cl)c(Cl)c1. The number of esters is 1. The lowest BCUT2D eigenvalue weighted by Gasteiger charge is -2.26. The van der Waals surface area contributed by atoms with E-state index in [1.165, 1.54) is 7.11 Å². The first-order chi connectivity index (χ1) is 13.1. The van der Waals surface area contributed by atoms with Crippen LogP contribution in [0.15, 0.2) is 42.5 Å². The van der Waals surface area contributed by atoms with E-state index in [1.54, 1.807) is 18.2 Å². The van der Waals surface area contributed by atoms with Crippen molar-refractivity contribution in [1.82, 2.24) is 0 Å². The molecule has 4 nitrogen and oxygen atoms in total. The molecule has 1 aliphatic rings. The van der Waals surface area contributed by atoms with Crippen LogP contribution in [0.25, 0.3) is 0 Å². The number of carbonyl (C=O) groups is 1. The minimum atomic E-state index is -0.423. The van der Waals surface area contributed by atoms with Crippen LogP contribution in [0.4, 0.5) is 0 Å². The van der Waals surface area contributed by atoms with E-state index in [4.69, 9.17) is 37.4 Å². The Morgan fingerprint density at radius 2 is 1.96 bits per heavy atom. The molecule has 0 bridgehead atoms. The van der Waals surface area contributed by atoms with Crippen molar-refractivity contribution >= 4 is 29.2 Å². The van der Waals surface area contributed by atoms with E-state index < -0.39 is 5.97 Å². The number of hydrogen-bond donors (Lipinski definition) is 0. The maximum absolute atomic E-state index is 11.9. The molecule has 3 rings (SSSR count). The fraction of sp³-hybridized carbons (Fsp3) is 0.381. The highest BCUT2D eigenvalue weighted by atomic mass is 35.5. The smallest absolute Gasteiger partial charge is 0.341 e. The predicted molar refractivity (Wildman–Crippen MR) is 106 cm³/mol. The zero-order chi connectivity index (χ0) is 19.2. The molecule has 0 N–H and O–H groups in total. The Hall–Kier alpha value is -1.75. The van der Waals surface area contributed by atoms with Gasteiger partial charge in [0.05, 0.1) is 23.3 Å². The maximum Gasteiger partial charge on any atom is 0.341 e. The molecule has 1 fully saturated rings. The highest BCUT2D eigenvalue weighted by Gasteiger charge is 2.28. The molecule has 0 radical (unpaired) electrons. The van der Waals surface area contributed by atoms with Crippen molar-refractivity contribution in [1.29, 1.82) is 0 Å². The van der Waals surface area contributed by atoms with Crippen molar-refractivity contribution in [3.63, 3.8) is 0 Å². The molecule has 0 spiro atoms. The van der Waals surface area contributed by atoms with Gasteiger partial charge in [-0.2, -0.15) is 0 Å². The van der Waals surface area contributed by atoms with Gasteiger partial charge in [-0.15, -0.1) is 0 Å². The zero-order valence-corrected chi connectivity index (χ0v) is 16.6. The third-order valence-corrected chi connectivity index (χ3v) is 5.50. The van der Waals surface area contributed by atoms with Crippen molar-refractivity contribution in [2.75, 3.05) is 20.3 Å². The second kappa shape index (κ2) is 9.45. The summed E-state index contributed by atoms with van der Waals surface area (Å²) in [4.78, 5) is 11.9. The number of halogens is 2. The third-order valence-electron chi connectivity index (χ3n) is 4.76. The second-order valence-corrected chi connectivity index (χ2v) is 7.30. The molecule has 1 heterocycles. The molecule has 1 aliphatic heterocycles. The van der Waals surface area contributed by atoms with E-state index in [9.17, 15) is 4.79 Å². The van der Waals surface area contributed by atoms with Crippen molar-refractivity contribution in [2.24, 2.45) is 0 Å². The van der Waals surface area contributed by atoms with E-state index >= 15 is 0 Å². The third kappa shape index (κ3) is 4.95. The molecule has 1 saturated heterocycles. The van der Waals surface area contributed by atoms with Crippen LogP contribution in [-0.2, 0) is 9.47 Å². The van der Waals surface area contributed by atoms with E-state index in [0.29, 0.717) is 34.6 Å². The van der Waals surface area contributed by atoms with Gasteiger partial charge in [-0.3, -0.25) is 0 Å². The van der Waals surface area contributed by atoms with Crippen LogP contribution >= 0.6 is 23.2 Å². The number of ether oxygens (including phenoxy) is 3. The number of hydrogen-bond acceptors (Lipinski definition) is 4. The molecule has 2 atom stereocenters. The molecular weight excluding hydrogens is 387 g/mol. The highest BCUT2D eigenvalue weighted by Crippen LogP contribution is 2.34. The number of benzene rings is 2. The lowest BCUT2D eigenvalue weighted by Crippen LogP contribution is -2.28. The topological polar surface area (TPSA) is 44.8 Å². The summed E-state index contributed by atoms with van der Waals surface area (Å²) in [7, 11) is 1.35. The normalized spacial score (nSPS) is 20.0. The minimum Gasteiger partial charge on any atom is -0.490 e. The summed E-state index contributed by atoms with van der Waals surface area (Å²) in [5, 5.41) is 1.07. The molecule has 0 saturated carbocycles. The Morgan fingerprint density at radius 1 is 1.15 bits per heavy atom. The largest absolute Gasteiger partial charge is 0.490 e. The summed E-state index contributed by atoms with van der Waals surface area (Å²) in [6, 6.07) is 12.8. The van der Waals surface area contributed by atoms with Gasteiger partial charge >= 0.3 is 5.97 Å². The quantitative estimate of drug-likeness (QED) is 0.611. The Kier molecular flexibility index (Phi) is 7.00. The van der Waals surface area contributed by atoms with Crippen LogP contribution in [-0.4, -0.2) is 32.4 Å². The number of para-hydroxylation sites is 1. The van der Waals surface area contributed by atoms with Crippen molar-refractivity contribution in [3.05, 3.63) is 63.6 Å². The van der Waals surface area contributed by atoms with E-state index in [1.807, 2.05) is 24.3 Å². The van der Waals surface area contributed by atoms with Crippen molar-refractivity contribution in [2.45, 2.75) is 31.3 Å². The predicted octanol–water partition coefficient (Wildman–Crippen LogP) is 5.51. The van der Waals surface area contributed by atoms with Crippen LogP contribution in [0.5, 0.6) is 5.75 Å². The number of rotatable bonds is 5. The average molecular weight is 409 g/mol. The van der Waals surface area contributed by atoms with Crippen LogP contribution in [0.3, 0.4) is 0 Å². The van der Waals surface area contributed by atoms with Crippen LogP contribution in [0.1, 0.15) is 41.1 Å². The molecule has 0 amide bonds. The highest BCUT2D eigenvalue weighted by molar-refractivity contribution is 6.42.